The quantitative estimate of drug-likeness (QED) is 0.494. The molecule has 15 nitrogen and oxygen atoms in total. The summed E-state index contributed by atoms with van der Waals surface area (Å²) in [5, 5.41) is 11.1. The fraction of sp³-hybridized carbons (Fsp3) is 0.286. The van der Waals surface area contributed by atoms with Gasteiger partial charge in [-0.1, -0.05) is 0 Å². The Morgan fingerprint density at radius 1 is 1.17 bits per heavy atom. The van der Waals surface area contributed by atoms with Crippen LogP contribution in [-0.2, 0) is 36.5 Å². The number of aliphatic hydroxyl groups is 1. The Kier molecular flexibility index (Phi) is 1.97. The Morgan fingerprint density at radius 3 is 2.67 bits per heavy atom. The lowest BCUT2D eigenvalue weighted by atomic mass is 10.1. The van der Waals surface area contributed by atoms with Crippen LogP contribution in [-0.4, -0.2) is 32.7 Å². The van der Waals surface area contributed by atoms with Gasteiger partial charge in [-0.05, 0) is 0 Å². The van der Waals surface area contributed by atoms with E-state index in [1.54, 1.807) is 0 Å². The van der Waals surface area contributed by atoms with Gasteiger partial charge in [0.05, 0.1) is 0 Å². The van der Waals surface area contributed by atoms with Gasteiger partial charge in [0, 0.05) is 0 Å². The van der Waals surface area contributed by atoms with E-state index in [0.717, 1.165) is 5.06 Å². The minimum Gasteiger partial charge on any atom is -0.338 e. The molecule has 0 aliphatic carbocycles. The lowest BCUT2D eigenvalue weighted by molar-refractivity contribution is -0.307. The van der Waals surface area contributed by atoms with Crippen molar-refractivity contribution in [3.63, 3.8) is 0 Å². The molecule has 0 amide bonds. The van der Waals surface area contributed by atoms with Crippen molar-refractivity contribution >= 4 is 38.8 Å². The molecule has 0 atom stereocenters. The Labute approximate surface area is 129 Å². The molecule has 1 aromatic rings. The van der Waals surface area contributed by atoms with Crippen LogP contribution in [0.3, 0.4) is 0 Å². The standard InChI is InChI=1S/C7H3N5O10P2/c13-3-1-2-9-5(10-3)11-21-23(15)19-7(14,20-23)4(8-1)6-12(2)22-24(16,17-6)18-6/h14H,(H2,9,10,11,13). The van der Waals surface area contributed by atoms with Gasteiger partial charge in [-0.25, -0.2) is 37.7 Å². The zero-order valence-electron chi connectivity index (χ0n) is 10.9. The second kappa shape index (κ2) is 3.48. The highest BCUT2D eigenvalue weighted by Crippen LogP contribution is 2.77. The third-order valence-corrected chi connectivity index (χ3v) is 6.10. The topological polar surface area (TPSA) is 183 Å². The summed E-state index contributed by atoms with van der Waals surface area (Å²) >= 11 is 0. The highest BCUT2D eigenvalue weighted by atomic mass is 31.2. The highest BCUT2D eigenvalue weighted by molar-refractivity contribution is 7.50. The number of hydrogen-bond donors (Lipinski definition) is 3. The van der Waals surface area contributed by atoms with E-state index in [1.807, 2.05) is 0 Å². The zero-order valence-corrected chi connectivity index (χ0v) is 12.6. The van der Waals surface area contributed by atoms with Crippen molar-refractivity contribution in [2.24, 2.45) is 4.99 Å². The third-order valence-electron chi connectivity index (χ3n) is 3.54. The van der Waals surface area contributed by atoms with Gasteiger partial charge in [0.2, 0.25) is 5.95 Å². The number of hydrogen-bond acceptors (Lipinski definition) is 14. The molecule has 0 unspecified atom stereocenters. The van der Waals surface area contributed by atoms with E-state index in [-0.39, 0.29) is 17.5 Å². The number of phosphoric acid groups is 2. The largest absolute Gasteiger partial charge is 0.505 e. The number of aliphatic imine (C=N–C) groups is 1. The number of hydroxylamine groups is 1. The van der Waals surface area contributed by atoms with Gasteiger partial charge in [0.1, 0.15) is 0 Å². The normalized spacial score (nSPS) is 46.4. The van der Waals surface area contributed by atoms with Crippen molar-refractivity contribution in [3.05, 3.63) is 10.4 Å². The summed E-state index contributed by atoms with van der Waals surface area (Å²) in [6.45, 7) is 0. The Balaban J connectivity index is 1.70. The van der Waals surface area contributed by atoms with Crippen LogP contribution in [0.25, 0.3) is 0 Å². The zero-order chi connectivity index (χ0) is 16.5. The number of H-pyrrole nitrogens is 1. The minimum atomic E-state index is -4.23. The summed E-state index contributed by atoms with van der Waals surface area (Å²) < 4.78 is 53.5. The van der Waals surface area contributed by atoms with Crippen LogP contribution >= 0.6 is 15.6 Å². The van der Waals surface area contributed by atoms with Crippen molar-refractivity contribution < 1.29 is 41.6 Å². The summed E-state index contributed by atoms with van der Waals surface area (Å²) in [7, 11) is -8.19. The first-order valence-corrected chi connectivity index (χ1v) is 9.10. The fourth-order valence-corrected chi connectivity index (χ4v) is 5.12. The lowest BCUT2D eigenvalue weighted by Gasteiger charge is -2.46. The molecule has 4 saturated heterocycles. The predicted molar refractivity (Wildman–Crippen MR) is 67.5 cm³/mol. The van der Waals surface area contributed by atoms with Crippen molar-refractivity contribution in [3.8, 4) is 0 Å². The van der Waals surface area contributed by atoms with E-state index in [2.05, 4.69) is 25.1 Å². The van der Waals surface area contributed by atoms with Gasteiger partial charge in [-0.15, -0.1) is 0 Å². The monoisotopic (exact) mass is 379 g/mol. The third kappa shape index (κ3) is 1.34. The van der Waals surface area contributed by atoms with Gasteiger partial charge < -0.3 is 5.11 Å². The van der Waals surface area contributed by atoms with Crippen LogP contribution in [0.1, 0.15) is 0 Å². The van der Waals surface area contributed by atoms with Crippen molar-refractivity contribution in [1.82, 2.24) is 9.97 Å². The molecular formula is C7H3N5O10P2. The van der Waals surface area contributed by atoms with Crippen LogP contribution in [0.15, 0.2) is 9.79 Å². The van der Waals surface area contributed by atoms with E-state index < -0.39 is 38.8 Å². The maximum absolute atomic E-state index is 12.2. The van der Waals surface area contributed by atoms with E-state index in [9.17, 15) is 19.0 Å². The molecule has 1 spiro atoms. The maximum atomic E-state index is 12.2. The van der Waals surface area contributed by atoms with Crippen LogP contribution in [0.5, 0.6) is 0 Å². The maximum Gasteiger partial charge on any atom is 0.505 e. The molecule has 11 heterocycles. The predicted octanol–water partition coefficient (Wildman–Crippen LogP) is -0.426. The number of aromatic amines is 1. The summed E-state index contributed by atoms with van der Waals surface area (Å²) in [5.74, 6) is -5.45. The number of rotatable bonds is 0. The molecule has 3 N–H and O–H groups in total. The molecule has 24 heavy (non-hydrogen) atoms. The molecule has 10 aliphatic rings. The van der Waals surface area contributed by atoms with Gasteiger partial charge in [-0.2, -0.15) is 19.3 Å². The Morgan fingerprint density at radius 2 is 1.92 bits per heavy atom. The summed E-state index contributed by atoms with van der Waals surface area (Å²) in [5.41, 5.74) is 0.297. The van der Waals surface area contributed by atoms with Gasteiger partial charge in [-0.3, -0.25) is 9.78 Å². The highest BCUT2D eigenvalue weighted by Gasteiger charge is 2.82. The minimum absolute atomic E-state index is 0.246. The molecule has 0 radical (unpaired) electrons. The number of phosphoric ester groups is 2. The average Bonchev–Trinajstić information content (AvgIpc) is 2.89. The van der Waals surface area contributed by atoms with E-state index in [1.165, 1.54) is 0 Å². The number of nitrogens with zero attached hydrogens (tertiary/aromatic N) is 3. The van der Waals surface area contributed by atoms with E-state index in [0.29, 0.717) is 0 Å². The molecule has 0 saturated carbocycles. The molecule has 11 rings (SSSR count). The fourth-order valence-electron chi connectivity index (χ4n) is 2.66. The van der Waals surface area contributed by atoms with Crippen LogP contribution in [0.2, 0.25) is 0 Å². The first-order valence-electron chi connectivity index (χ1n) is 6.18. The van der Waals surface area contributed by atoms with Gasteiger partial charge in [0.25, 0.3) is 5.56 Å². The molecule has 126 valence electrons. The Bertz CT molecular complexity index is 1010. The molecular weight excluding hydrogens is 376 g/mol. The molecule has 4 fully saturated rings. The van der Waals surface area contributed by atoms with Crippen LogP contribution in [0, 0.1) is 0 Å². The van der Waals surface area contributed by atoms with E-state index >= 15 is 0 Å². The van der Waals surface area contributed by atoms with Crippen LogP contribution < -0.4 is 16.1 Å². The number of aromatic nitrogens is 2. The van der Waals surface area contributed by atoms with Crippen molar-refractivity contribution in [2.75, 3.05) is 10.5 Å². The summed E-state index contributed by atoms with van der Waals surface area (Å²) in [6.07, 6.45) is 0. The molecule has 0 aromatic carbocycles. The summed E-state index contributed by atoms with van der Waals surface area (Å²) in [6, 6.07) is 0. The lowest BCUT2D eigenvalue weighted by Crippen LogP contribution is -2.67. The second-order valence-electron chi connectivity index (χ2n) is 5.04. The molecule has 8 bridgehead atoms. The molecule has 10 aliphatic heterocycles. The van der Waals surface area contributed by atoms with Crippen molar-refractivity contribution in [1.29, 1.82) is 0 Å². The van der Waals surface area contributed by atoms with Gasteiger partial charge in [0.15, 0.2) is 17.2 Å². The van der Waals surface area contributed by atoms with E-state index in [4.69, 9.17) is 22.7 Å². The first-order chi connectivity index (χ1) is 11.2. The SMILES string of the molecule is O=c1[nH]c2nc3c1N=C(C1(O)OP(=O)(ON2)O1)C12OP(=O)(ON31)O2. The van der Waals surface area contributed by atoms with Gasteiger partial charge >= 0.3 is 27.5 Å². The number of anilines is 2. The van der Waals surface area contributed by atoms with Crippen LogP contribution in [0.4, 0.5) is 17.5 Å². The Hall–Kier alpha value is -1.67. The summed E-state index contributed by atoms with van der Waals surface area (Å²) in [4.78, 5) is 22.2. The number of nitrogens with one attached hydrogen (secondary N) is 2. The molecule has 17 heteroatoms. The second-order valence-corrected chi connectivity index (χ2v) is 7.90. The average molecular weight is 379 g/mol. The first kappa shape index (κ1) is 13.6. The smallest absolute Gasteiger partial charge is 0.338 e. The molecule has 1 aromatic heterocycles. The van der Waals surface area contributed by atoms with Crippen molar-refractivity contribution in [2.45, 2.75) is 11.9 Å².